The van der Waals surface area contributed by atoms with Crippen molar-refractivity contribution in [3.8, 4) is 12.3 Å². The van der Waals surface area contributed by atoms with Gasteiger partial charge in [0.15, 0.2) is 0 Å². The zero-order chi connectivity index (χ0) is 30.3. The van der Waals surface area contributed by atoms with Crippen LogP contribution < -0.4 is 10.6 Å². The molecule has 1 aliphatic carbocycles. The molecule has 0 heterocycles. The maximum Gasteiger partial charge on any atom is 0.251 e. The van der Waals surface area contributed by atoms with Gasteiger partial charge in [0.1, 0.15) is 11.6 Å². The summed E-state index contributed by atoms with van der Waals surface area (Å²) in [6.07, 6.45) is 8.54. The van der Waals surface area contributed by atoms with Gasteiger partial charge in [-0.25, -0.2) is 8.78 Å². The van der Waals surface area contributed by atoms with Gasteiger partial charge in [-0.3, -0.25) is 4.79 Å². The Hall–Kier alpha value is -2.80. The summed E-state index contributed by atoms with van der Waals surface area (Å²) in [5.74, 6) is 0.859. The normalized spacial score (nSPS) is 14.8. The lowest BCUT2D eigenvalue weighted by molar-refractivity contribution is 0.0821. The summed E-state index contributed by atoms with van der Waals surface area (Å²) < 4.78 is 28.8. The summed E-state index contributed by atoms with van der Waals surface area (Å²) in [5.41, 5.74) is 3.27. The molecule has 4 rings (SSSR count). The summed E-state index contributed by atoms with van der Waals surface area (Å²) >= 11 is 3.52. The SMILES string of the molecule is C#Cc1cccc(C2(NC[C@@H](O)[C@H](Cc3cc(F)cc(F)c3)NC(=O)c3cc(Br)cc(CN(C)CCCC)c3)CC2)c1.Cl. The number of hydrogen-bond donors (Lipinski definition) is 3. The summed E-state index contributed by atoms with van der Waals surface area (Å²) in [5, 5.41) is 17.7. The van der Waals surface area contributed by atoms with Crippen LogP contribution in [0, 0.1) is 24.0 Å². The van der Waals surface area contributed by atoms with Crippen LogP contribution in [0.4, 0.5) is 8.78 Å². The standard InChI is InChI=1S/C34H38BrF2N3O2.ClH/c1-4-6-12-40(3)22-25-13-26(19-28(35)15-25)33(42)39-31(18-24-16-29(36)20-30(37)17-24)32(41)21-38-34(10-11-34)27-9-7-8-23(5-2)14-27;/h2,7-9,13-17,19-20,31-32,38,41H,4,6,10-12,18,21-22H2,1,3H3,(H,39,42);1H/t31-,32+;/m0./s1. The quantitative estimate of drug-likeness (QED) is 0.175. The molecule has 2 atom stereocenters. The van der Waals surface area contributed by atoms with Crippen molar-refractivity contribution in [2.24, 2.45) is 0 Å². The number of benzene rings is 3. The van der Waals surface area contributed by atoms with Crippen LogP contribution >= 0.6 is 28.3 Å². The summed E-state index contributed by atoms with van der Waals surface area (Å²) in [6, 6.07) is 15.7. The van der Waals surface area contributed by atoms with Crippen molar-refractivity contribution < 1.29 is 18.7 Å². The van der Waals surface area contributed by atoms with E-state index in [2.05, 4.69) is 44.3 Å². The second-order valence-electron chi connectivity index (χ2n) is 11.3. The molecule has 1 aliphatic rings. The molecule has 43 heavy (non-hydrogen) atoms. The minimum absolute atomic E-state index is 0. The first-order chi connectivity index (χ1) is 20.1. The molecule has 0 bridgehead atoms. The zero-order valence-electron chi connectivity index (χ0n) is 24.5. The van der Waals surface area contributed by atoms with E-state index in [1.807, 2.05) is 43.4 Å². The molecule has 1 saturated carbocycles. The molecular formula is C34H39BrClF2N3O2. The number of unbranched alkanes of at least 4 members (excludes halogenated alkanes) is 1. The molecule has 0 saturated heterocycles. The van der Waals surface area contributed by atoms with Crippen molar-refractivity contribution in [2.75, 3.05) is 20.1 Å². The van der Waals surface area contributed by atoms with Crippen molar-refractivity contribution >= 4 is 34.2 Å². The van der Waals surface area contributed by atoms with Gasteiger partial charge in [-0.05, 0) is 98.4 Å². The average molecular weight is 675 g/mol. The number of carbonyl (C=O) groups is 1. The minimum atomic E-state index is -1.04. The Morgan fingerprint density at radius 2 is 1.84 bits per heavy atom. The number of nitrogens with zero attached hydrogens (tertiary/aromatic N) is 1. The van der Waals surface area contributed by atoms with Crippen molar-refractivity contribution in [1.82, 2.24) is 15.5 Å². The maximum atomic E-state index is 14.0. The number of terminal acetylenes is 1. The van der Waals surface area contributed by atoms with Gasteiger partial charge in [-0.1, -0.05) is 47.3 Å². The van der Waals surface area contributed by atoms with E-state index in [-0.39, 0.29) is 36.8 Å². The van der Waals surface area contributed by atoms with Crippen molar-refractivity contribution in [3.63, 3.8) is 0 Å². The fraction of sp³-hybridized carbons (Fsp3) is 0.382. The third-order valence-corrected chi connectivity index (χ3v) is 8.16. The van der Waals surface area contributed by atoms with E-state index < -0.39 is 23.8 Å². The van der Waals surface area contributed by atoms with Gasteiger partial charge in [0.25, 0.3) is 5.91 Å². The predicted octanol–water partition coefficient (Wildman–Crippen LogP) is 6.34. The van der Waals surface area contributed by atoms with E-state index in [1.165, 1.54) is 12.1 Å². The largest absolute Gasteiger partial charge is 0.390 e. The van der Waals surface area contributed by atoms with Gasteiger partial charge in [0.2, 0.25) is 0 Å². The van der Waals surface area contributed by atoms with Crippen LogP contribution in [-0.2, 0) is 18.5 Å². The van der Waals surface area contributed by atoms with Crippen LogP contribution in [0.25, 0.3) is 0 Å². The number of rotatable bonds is 14. The Morgan fingerprint density at radius 1 is 1.12 bits per heavy atom. The first kappa shape index (κ1) is 34.7. The predicted molar refractivity (Wildman–Crippen MR) is 173 cm³/mol. The van der Waals surface area contributed by atoms with Crippen molar-refractivity contribution in [2.45, 2.75) is 63.3 Å². The lowest BCUT2D eigenvalue weighted by Crippen LogP contribution is -2.50. The van der Waals surface area contributed by atoms with Crippen LogP contribution in [0.2, 0.25) is 0 Å². The Labute approximate surface area is 268 Å². The van der Waals surface area contributed by atoms with Gasteiger partial charge in [-0.15, -0.1) is 18.8 Å². The third-order valence-electron chi connectivity index (χ3n) is 7.71. The molecule has 0 aromatic heterocycles. The minimum Gasteiger partial charge on any atom is -0.390 e. The molecule has 0 unspecified atom stereocenters. The monoisotopic (exact) mass is 673 g/mol. The van der Waals surface area contributed by atoms with E-state index in [4.69, 9.17) is 6.42 Å². The van der Waals surface area contributed by atoms with E-state index in [9.17, 15) is 18.7 Å². The second-order valence-corrected chi connectivity index (χ2v) is 12.2. The van der Waals surface area contributed by atoms with Crippen molar-refractivity contribution in [1.29, 1.82) is 0 Å². The van der Waals surface area contributed by atoms with Crippen LogP contribution in [0.5, 0.6) is 0 Å². The molecule has 3 aromatic carbocycles. The van der Waals surface area contributed by atoms with Crippen LogP contribution in [0.3, 0.4) is 0 Å². The van der Waals surface area contributed by atoms with E-state index in [1.54, 1.807) is 6.07 Å². The number of carbonyl (C=O) groups excluding carboxylic acids is 1. The van der Waals surface area contributed by atoms with Gasteiger partial charge in [0, 0.05) is 40.3 Å². The molecule has 1 fully saturated rings. The molecule has 0 radical (unpaired) electrons. The Kier molecular flexibility index (Phi) is 12.7. The number of aliphatic hydroxyl groups excluding tert-OH is 1. The lowest BCUT2D eigenvalue weighted by Gasteiger charge is -2.27. The maximum absolute atomic E-state index is 14.0. The summed E-state index contributed by atoms with van der Waals surface area (Å²) in [6.45, 7) is 3.94. The topological polar surface area (TPSA) is 64.6 Å². The number of aliphatic hydroxyl groups is 1. The third kappa shape index (κ3) is 9.85. The fourth-order valence-corrected chi connectivity index (χ4v) is 5.79. The molecule has 230 valence electrons. The highest BCUT2D eigenvalue weighted by Gasteiger charge is 2.44. The Balaban J connectivity index is 0.00000506. The van der Waals surface area contributed by atoms with Gasteiger partial charge < -0.3 is 20.6 Å². The second kappa shape index (κ2) is 15.8. The number of halogens is 4. The molecule has 0 aliphatic heterocycles. The molecule has 5 nitrogen and oxygen atoms in total. The van der Waals surface area contributed by atoms with Gasteiger partial charge in [-0.2, -0.15) is 0 Å². The number of hydrogen-bond acceptors (Lipinski definition) is 4. The van der Waals surface area contributed by atoms with E-state index in [0.717, 1.165) is 59.5 Å². The first-order valence-electron chi connectivity index (χ1n) is 14.3. The van der Waals surface area contributed by atoms with E-state index >= 15 is 0 Å². The summed E-state index contributed by atoms with van der Waals surface area (Å²) in [4.78, 5) is 15.7. The van der Waals surface area contributed by atoms with Crippen LogP contribution in [0.1, 0.15) is 65.2 Å². The fourth-order valence-electron chi connectivity index (χ4n) is 5.25. The molecule has 1 amide bonds. The number of amides is 1. The van der Waals surface area contributed by atoms with Gasteiger partial charge in [0.05, 0.1) is 12.1 Å². The lowest BCUT2D eigenvalue weighted by atomic mass is 9.98. The van der Waals surface area contributed by atoms with Gasteiger partial charge >= 0.3 is 0 Å². The molecular weight excluding hydrogens is 636 g/mol. The first-order valence-corrected chi connectivity index (χ1v) is 15.1. The average Bonchev–Trinajstić information content (AvgIpc) is 3.75. The molecule has 3 N–H and O–H groups in total. The molecule has 9 heteroatoms. The zero-order valence-corrected chi connectivity index (χ0v) is 26.9. The molecule has 0 spiro atoms. The highest BCUT2D eigenvalue weighted by Crippen LogP contribution is 2.45. The van der Waals surface area contributed by atoms with Crippen LogP contribution in [0.15, 0.2) is 65.1 Å². The Morgan fingerprint density at radius 3 is 2.49 bits per heavy atom. The summed E-state index contributed by atoms with van der Waals surface area (Å²) in [7, 11) is 2.04. The Bertz CT molecular complexity index is 1420. The van der Waals surface area contributed by atoms with Crippen molar-refractivity contribution in [3.05, 3.63) is 105 Å². The van der Waals surface area contributed by atoms with E-state index in [0.29, 0.717) is 17.7 Å². The highest BCUT2D eigenvalue weighted by molar-refractivity contribution is 9.10. The highest BCUT2D eigenvalue weighted by atomic mass is 79.9. The number of nitrogens with one attached hydrogen (secondary N) is 2. The molecule has 3 aromatic rings. The smallest absolute Gasteiger partial charge is 0.251 e. The van der Waals surface area contributed by atoms with Crippen LogP contribution in [-0.4, -0.2) is 48.2 Å².